The van der Waals surface area contributed by atoms with Crippen LogP contribution < -0.4 is 14.4 Å². The minimum Gasteiger partial charge on any atom is -0.486 e. The lowest BCUT2D eigenvalue weighted by Crippen LogP contribution is -2.49. The van der Waals surface area contributed by atoms with E-state index >= 15 is 0 Å². The number of nitrogens with zero attached hydrogens (tertiary/aromatic N) is 3. The molecule has 0 atom stereocenters. The van der Waals surface area contributed by atoms with Crippen LogP contribution in [0.4, 0.5) is 5.82 Å². The van der Waals surface area contributed by atoms with Gasteiger partial charge in [0, 0.05) is 37.6 Å². The molecule has 0 aliphatic carbocycles. The van der Waals surface area contributed by atoms with Crippen molar-refractivity contribution in [1.29, 1.82) is 0 Å². The van der Waals surface area contributed by atoms with Crippen molar-refractivity contribution in [3.63, 3.8) is 0 Å². The molecule has 1 saturated heterocycles. The molecule has 7 heteroatoms. The molecule has 0 bridgehead atoms. The van der Waals surface area contributed by atoms with Gasteiger partial charge in [0.25, 0.3) is 5.91 Å². The third kappa shape index (κ3) is 3.44. The molecule has 29 heavy (non-hydrogen) atoms. The van der Waals surface area contributed by atoms with Gasteiger partial charge in [-0.25, -0.2) is 4.98 Å². The number of hydrogen-bond acceptors (Lipinski definition) is 5. The van der Waals surface area contributed by atoms with Crippen molar-refractivity contribution in [2.75, 3.05) is 44.3 Å². The number of rotatable bonds is 2. The number of anilines is 1. The normalized spacial score (nSPS) is 16.2. The predicted molar refractivity (Wildman–Crippen MR) is 112 cm³/mol. The molecule has 3 aromatic rings. The summed E-state index contributed by atoms with van der Waals surface area (Å²) in [6, 6.07) is 15.6. The Kier molecular flexibility index (Phi) is 4.64. The fraction of sp³-hybridized carbons (Fsp3) is 0.273. The molecule has 2 aliphatic heterocycles. The van der Waals surface area contributed by atoms with E-state index in [9.17, 15) is 4.79 Å². The number of ether oxygens (including phenoxy) is 2. The number of amides is 1. The predicted octanol–water partition coefficient (Wildman–Crippen LogP) is 3.62. The van der Waals surface area contributed by atoms with E-state index in [-0.39, 0.29) is 5.91 Å². The van der Waals surface area contributed by atoms with Gasteiger partial charge in [-0.05, 0) is 24.3 Å². The Morgan fingerprint density at radius 3 is 2.45 bits per heavy atom. The molecular weight excluding hydrogens is 390 g/mol. The fourth-order valence-electron chi connectivity index (χ4n) is 3.77. The fourth-order valence-corrected chi connectivity index (χ4v) is 4.00. The number of aromatic nitrogens is 1. The van der Waals surface area contributed by atoms with Gasteiger partial charge in [-0.2, -0.15) is 0 Å². The zero-order valence-electron chi connectivity index (χ0n) is 15.8. The van der Waals surface area contributed by atoms with E-state index in [4.69, 9.17) is 26.1 Å². The van der Waals surface area contributed by atoms with E-state index in [0.29, 0.717) is 48.4 Å². The maximum Gasteiger partial charge on any atom is 0.255 e. The van der Waals surface area contributed by atoms with Crippen molar-refractivity contribution in [3.8, 4) is 11.5 Å². The quantitative estimate of drug-likeness (QED) is 0.647. The number of hydrogen-bond donors (Lipinski definition) is 0. The van der Waals surface area contributed by atoms with Crippen LogP contribution in [0.2, 0.25) is 5.02 Å². The highest BCUT2D eigenvalue weighted by atomic mass is 35.5. The van der Waals surface area contributed by atoms with Crippen molar-refractivity contribution in [2.45, 2.75) is 0 Å². The molecule has 1 fully saturated rings. The maximum atomic E-state index is 13.0. The first kappa shape index (κ1) is 18.1. The first-order valence-corrected chi connectivity index (χ1v) is 10.1. The van der Waals surface area contributed by atoms with Gasteiger partial charge in [0.05, 0.1) is 16.1 Å². The van der Waals surface area contributed by atoms with Crippen LogP contribution in [0.5, 0.6) is 11.5 Å². The third-order valence-electron chi connectivity index (χ3n) is 5.34. The van der Waals surface area contributed by atoms with Crippen LogP contribution in [0.25, 0.3) is 10.9 Å². The molecule has 1 amide bonds. The molecule has 1 aromatic heterocycles. The van der Waals surface area contributed by atoms with E-state index < -0.39 is 0 Å². The maximum absolute atomic E-state index is 13.0. The second-order valence-electron chi connectivity index (χ2n) is 7.12. The summed E-state index contributed by atoms with van der Waals surface area (Å²) in [5.74, 6) is 2.01. The SMILES string of the molecule is O=C(c1cc2c(cc1Cl)OCCO2)N1CCN(c2ccc3ccccc3n2)CC1. The summed E-state index contributed by atoms with van der Waals surface area (Å²) in [6.45, 7) is 3.62. The van der Waals surface area contributed by atoms with E-state index in [1.165, 1.54) is 0 Å². The van der Waals surface area contributed by atoms with Crippen LogP contribution in [-0.4, -0.2) is 55.2 Å². The van der Waals surface area contributed by atoms with E-state index in [1.807, 2.05) is 29.2 Å². The summed E-state index contributed by atoms with van der Waals surface area (Å²) in [5.41, 5.74) is 1.43. The van der Waals surface area contributed by atoms with Crippen LogP contribution in [0.1, 0.15) is 10.4 Å². The Labute approximate surface area is 173 Å². The van der Waals surface area contributed by atoms with Gasteiger partial charge in [-0.15, -0.1) is 0 Å². The summed E-state index contributed by atoms with van der Waals surface area (Å²) in [6.07, 6.45) is 0. The van der Waals surface area contributed by atoms with Gasteiger partial charge in [-0.1, -0.05) is 29.8 Å². The molecule has 0 saturated carbocycles. The molecule has 0 radical (unpaired) electrons. The third-order valence-corrected chi connectivity index (χ3v) is 5.65. The molecule has 2 aromatic carbocycles. The molecule has 5 rings (SSSR count). The lowest BCUT2D eigenvalue weighted by molar-refractivity contribution is 0.0745. The van der Waals surface area contributed by atoms with Gasteiger partial charge in [-0.3, -0.25) is 4.79 Å². The summed E-state index contributed by atoms with van der Waals surface area (Å²) >= 11 is 6.35. The highest BCUT2D eigenvalue weighted by molar-refractivity contribution is 6.34. The van der Waals surface area contributed by atoms with E-state index in [0.717, 1.165) is 29.8 Å². The lowest BCUT2D eigenvalue weighted by atomic mass is 10.1. The van der Waals surface area contributed by atoms with Crippen molar-refractivity contribution >= 4 is 34.2 Å². The first-order chi connectivity index (χ1) is 14.2. The number of piperazine rings is 1. The number of fused-ring (bicyclic) bond motifs is 2. The largest absolute Gasteiger partial charge is 0.486 e. The summed E-state index contributed by atoms with van der Waals surface area (Å²) in [5, 5.41) is 1.51. The van der Waals surface area contributed by atoms with Crippen molar-refractivity contribution in [3.05, 3.63) is 59.1 Å². The smallest absolute Gasteiger partial charge is 0.255 e. The molecular formula is C22H20ClN3O3. The van der Waals surface area contributed by atoms with Gasteiger partial charge in [0.15, 0.2) is 11.5 Å². The highest BCUT2D eigenvalue weighted by Gasteiger charge is 2.26. The summed E-state index contributed by atoms with van der Waals surface area (Å²) < 4.78 is 11.1. The summed E-state index contributed by atoms with van der Waals surface area (Å²) in [7, 11) is 0. The Balaban J connectivity index is 1.30. The number of halogens is 1. The topological polar surface area (TPSA) is 54.9 Å². The van der Waals surface area contributed by atoms with Gasteiger partial charge < -0.3 is 19.3 Å². The second-order valence-corrected chi connectivity index (χ2v) is 7.52. The van der Waals surface area contributed by atoms with Crippen molar-refractivity contribution in [1.82, 2.24) is 9.88 Å². The minimum absolute atomic E-state index is 0.0851. The molecule has 6 nitrogen and oxygen atoms in total. The molecule has 3 heterocycles. The Hall–Kier alpha value is -2.99. The number of carbonyl (C=O) groups is 1. The number of benzene rings is 2. The second kappa shape index (κ2) is 7.44. The number of carbonyl (C=O) groups excluding carboxylic acids is 1. The lowest BCUT2D eigenvalue weighted by Gasteiger charge is -2.35. The molecule has 0 N–H and O–H groups in total. The Morgan fingerprint density at radius 1 is 0.931 bits per heavy atom. The number of pyridine rings is 1. The van der Waals surface area contributed by atoms with Crippen LogP contribution in [-0.2, 0) is 0 Å². The zero-order chi connectivity index (χ0) is 19.8. The van der Waals surface area contributed by atoms with E-state index in [1.54, 1.807) is 12.1 Å². The summed E-state index contributed by atoms with van der Waals surface area (Å²) in [4.78, 5) is 21.8. The average Bonchev–Trinajstić information content (AvgIpc) is 2.78. The highest BCUT2D eigenvalue weighted by Crippen LogP contribution is 2.36. The molecule has 0 unspecified atom stereocenters. The van der Waals surface area contributed by atoms with Crippen molar-refractivity contribution < 1.29 is 14.3 Å². The van der Waals surface area contributed by atoms with Crippen LogP contribution in [0, 0.1) is 0 Å². The minimum atomic E-state index is -0.0851. The zero-order valence-corrected chi connectivity index (χ0v) is 16.6. The van der Waals surface area contributed by atoms with Crippen LogP contribution in [0.3, 0.4) is 0 Å². The standard InChI is InChI=1S/C22H20ClN3O3/c23-17-14-20-19(28-11-12-29-20)13-16(17)22(27)26-9-7-25(8-10-26)21-6-5-15-3-1-2-4-18(15)24-21/h1-6,13-14H,7-12H2. The monoisotopic (exact) mass is 409 g/mol. The Morgan fingerprint density at radius 2 is 1.66 bits per heavy atom. The van der Waals surface area contributed by atoms with Gasteiger partial charge >= 0.3 is 0 Å². The van der Waals surface area contributed by atoms with Crippen molar-refractivity contribution in [2.24, 2.45) is 0 Å². The van der Waals surface area contributed by atoms with Gasteiger partial charge in [0.1, 0.15) is 19.0 Å². The van der Waals surface area contributed by atoms with E-state index in [2.05, 4.69) is 17.0 Å². The van der Waals surface area contributed by atoms with Gasteiger partial charge in [0.2, 0.25) is 0 Å². The van der Waals surface area contributed by atoms with Crippen LogP contribution >= 0.6 is 11.6 Å². The molecule has 0 spiro atoms. The van der Waals surface area contributed by atoms with Crippen LogP contribution in [0.15, 0.2) is 48.5 Å². The average molecular weight is 410 g/mol. The molecule has 148 valence electrons. The Bertz CT molecular complexity index is 1080. The molecule has 2 aliphatic rings. The first-order valence-electron chi connectivity index (χ1n) is 9.68. The number of para-hydroxylation sites is 1.